The molecule has 1 saturated carbocycles. The monoisotopic (exact) mass is 283 g/mol. The van der Waals surface area contributed by atoms with Crippen molar-refractivity contribution in [2.24, 2.45) is 5.92 Å². The molecule has 1 aliphatic carbocycles. The number of ether oxygens (including phenoxy) is 2. The first kappa shape index (κ1) is 16.3. The van der Waals surface area contributed by atoms with Gasteiger partial charge >= 0.3 is 0 Å². The van der Waals surface area contributed by atoms with Crippen LogP contribution in [0, 0.1) is 5.92 Å². The van der Waals surface area contributed by atoms with E-state index in [0.29, 0.717) is 18.3 Å². The van der Waals surface area contributed by atoms with Crippen LogP contribution in [0.15, 0.2) is 0 Å². The fraction of sp³-hybridized carbons (Fsp3) is 1.00. The Morgan fingerprint density at radius 3 is 2.60 bits per heavy atom. The third-order valence-electron chi connectivity index (χ3n) is 4.81. The van der Waals surface area contributed by atoms with Gasteiger partial charge in [0.05, 0.1) is 18.3 Å². The minimum absolute atomic E-state index is 0.356. The molecule has 0 spiro atoms. The summed E-state index contributed by atoms with van der Waals surface area (Å²) in [6, 6.07) is 0.742. The van der Waals surface area contributed by atoms with Gasteiger partial charge in [0.2, 0.25) is 0 Å². The molecule has 0 radical (unpaired) electrons. The molecule has 0 aromatic rings. The summed E-state index contributed by atoms with van der Waals surface area (Å²) < 4.78 is 11.9. The molecule has 1 heterocycles. The Morgan fingerprint density at radius 2 is 1.90 bits per heavy atom. The summed E-state index contributed by atoms with van der Waals surface area (Å²) in [6.45, 7) is 8.66. The molecule has 2 fully saturated rings. The standard InChI is InChI=1S/C17H33NO2/c1-4-9-18-17-7-5-6-15(17)8-10-19-16-11-13(2)20-14(3)12-16/h13-18H,4-12H2,1-3H3. The zero-order chi connectivity index (χ0) is 14.4. The molecule has 118 valence electrons. The second kappa shape index (κ2) is 8.35. The van der Waals surface area contributed by atoms with E-state index < -0.39 is 0 Å². The highest BCUT2D eigenvalue weighted by Crippen LogP contribution is 2.29. The summed E-state index contributed by atoms with van der Waals surface area (Å²) in [5, 5.41) is 3.71. The Morgan fingerprint density at radius 1 is 1.15 bits per heavy atom. The lowest BCUT2D eigenvalue weighted by atomic mass is 9.99. The van der Waals surface area contributed by atoms with Gasteiger partial charge in [-0.3, -0.25) is 0 Å². The average molecular weight is 283 g/mol. The lowest BCUT2D eigenvalue weighted by Gasteiger charge is -2.32. The molecule has 0 bridgehead atoms. The number of hydrogen-bond acceptors (Lipinski definition) is 3. The van der Waals surface area contributed by atoms with Gasteiger partial charge in [0.1, 0.15) is 0 Å². The van der Waals surface area contributed by atoms with Crippen molar-refractivity contribution in [2.45, 2.75) is 90.1 Å². The Kier molecular flexibility index (Phi) is 6.79. The summed E-state index contributed by atoms with van der Waals surface area (Å²) in [6.07, 6.45) is 9.83. The minimum atomic E-state index is 0.356. The third kappa shape index (κ3) is 5.01. The van der Waals surface area contributed by atoms with Crippen LogP contribution >= 0.6 is 0 Å². The largest absolute Gasteiger partial charge is 0.378 e. The van der Waals surface area contributed by atoms with Gasteiger partial charge in [-0.1, -0.05) is 13.3 Å². The highest BCUT2D eigenvalue weighted by molar-refractivity contribution is 4.83. The van der Waals surface area contributed by atoms with Crippen molar-refractivity contribution in [3.8, 4) is 0 Å². The summed E-state index contributed by atoms with van der Waals surface area (Å²) in [5.74, 6) is 0.830. The van der Waals surface area contributed by atoms with Crippen LogP contribution < -0.4 is 5.32 Å². The zero-order valence-electron chi connectivity index (χ0n) is 13.6. The average Bonchev–Trinajstić information content (AvgIpc) is 2.83. The molecule has 0 aromatic carbocycles. The van der Waals surface area contributed by atoms with Crippen LogP contribution in [0.1, 0.15) is 65.7 Å². The lowest BCUT2D eigenvalue weighted by molar-refractivity contribution is -0.103. The molecule has 1 saturated heterocycles. The van der Waals surface area contributed by atoms with Crippen LogP contribution in [0.25, 0.3) is 0 Å². The van der Waals surface area contributed by atoms with Crippen LogP contribution in [0.2, 0.25) is 0 Å². The summed E-state index contributed by atoms with van der Waals surface area (Å²) in [4.78, 5) is 0. The van der Waals surface area contributed by atoms with Crippen LogP contribution in [0.5, 0.6) is 0 Å². The van der Waals surface area contributed by atoms with Crippen molar-refractivity contribution in [2.75, 3.05) is 13.2 Å². The van der Waals surface area contributed by atoms with Gasteiger partial charge in [-0.05, 0) is 64.8 Å². The maximum atomic E-state index is 6.13. The van der Waals surface area contributed by atoms with E-state index in [2.05, 4.69) is 26.1 Å². The Labute approximate surface area is 124 Å². The molecule has 0 amide bonds. The van der Waals surface area contributed by atoms with Crippen molar-refractivity contribution in [3.05, 3.63) is 0 Å². The fourth-order valence-corrected chi connectivity index (χ4v) is 3.85. The van der Waals surface area contributed by atoms with Gasteiger partial charge in [0, 0.05) is 12.6 Å². The number of nitrogens with one attached hydrogen (secondary N) is 1. The van der Waals surface area contributed by atoms with Crippen LogP contribution in [0.4, 0.5) is 0 Å². The minimum Gasteiger partial charge on any atom is -0.378 e. The SMILES string of the molecule is CCCNC1CCCC1CCOC1CC(C)OC(C)C1. The van der Waals surface area contributed by atoms with E-state index in [-0.39, 0.29) is 0 Å². The molecule has 1 N–H and O–H groups in total. The molecule has 1 aliphatic heterocycles. The van der Waals surface area contributed by atoms with Crippen LogP contribution in [0.3, 0.4) is 0 Å². The second-order valence-corrected chi connectivity index (χ2v) is 6.76. The van der Waals surface area contributed by atoms with Gasteiger partial charge in [-0.15, -0.1) is 0 Å². The summed E-state index contributed by atoms with van der Waals surface area (Å²) >= 11 is 0. The fourth-order valence-electron chi connectivity index (χ4n) is 3.85. The highest BCUT2D eigenvalue weighted by atomic mass is 16.5. The third-order valence-corrected chi connectivity index (χ3v) is 4.81. The first-order valence-electron chi connectivity index (χ1n) is 8.69. The smallest absolute Gasteiger partial charge is 0.0624 e. The van der Waals surface area contributed by atoms with Crippen molar-refractivity contribution < 1.29 is 9.47 Å². The zero-order valence-corrected chi connectivity index (χ0v) is 13.6. The highest BCUT2D eigenvalue weighted by Gasteiger charge is 2.28. The molecule has 4 unspecified atom stereocenters. The van der Waals surface area contributed by atoms with E-state index in [1.165, 1.54) is 32.1 Å². The van der Waals surface area contributed by atoms with E-state index >= 15 is 0 Å². The molecule has 3 nitrogen and oxygen atoms in total. The predicted octanol–water partition coefficient (Wildman–Crippen LogP) is 3.52. The summed E-state index contributed by atoms with van der Waals surface area (Å²) in [5.41, 5.74) is 0. The maximum absolute atomic E-state index is 6.13. The molecule has 2 rings (SSSR count). The first-order chi connectivity index (χ1) is 9.69. The van der Waals surface area contributed by atoms with Gasteiger partial charge in [0.15, 0.2) is 0 Å². The van der Waals surface area contributed by atoms with E-state index in [1.807, 2.05) is 0 Å². The van der Waals surface area contributed by atoms with E-state index in [4.69, 9.17) is 9.47 Å². The molecule has 2 aliphatic rings. The quantitative estimate of drug-likeness (QED) is 0.775. The van der Waals surface area contributed by atoms with Gasteiger partial charge < -0.3 is 14.8 Å². The van der Waals surface area contributed by atoms with Crippen molar-refractivity contribution in [3.63, 3.8) is 0 Å². The molecule has 0 aromatic heterocycles. The van der Waals surface area contributed by atoms with Gasteiger partial charge in [-0.25, -0.2) is 0 Å². The maximum Gasteiger partial charge on any atom is 0.0624 e. The first-order valence-corrected chi connectivity index (χ1v) is 8.69. The van der Waals surface area contributed by atoms with Gasteiger partial charge in [-0.2, -0.15) is 0 Å². The molecule has 3 heteroatoms. The molecule has 20 heavy (non-hydrogen) atoms. The predicted molar refractivity (Wildman–Crippen MR) is 83.0 cm³/mol. The normalized spacial score (nSPS) is 38.2. The Hall–Kier alpha value is -0.120. The van der Waals surface area contributed by atoms with Crippen LogP contribution in [-0.4, -0.2) is 37.5 Å². The number of hydrogen-bond donors (Lipinski definition) is 1. The second-order valence-electron chi connectivity index (χ2n) is 6.76. The molecular formula is C17H33NO2. The lowest BCUT2D eigenvalue weighted by Crippen LogP contribution is -2.36. The molecule has 4 atom stereocenters. The van der Waals surface area contributed by atoms with Crippen molar-refractivity contribution in [1.82, 2.24) is 5.32 Å². The van der Waals surface area contributed by atoms with Crippen molar-refractivity contribution in [1.29, 1.82) is 0 Å². The molecular weight excluding hydrogens is 250 g/mol. The number of rotatable bonds is 7. The Balaban J connectivity index is 1.64. The van der Waals surface area contributed by atoms with E-state index in [0.717, 1.165) is 38.0 Å². The summed E-state index contributed by atoms with van der Waals surface area (Å²) in [7, 11) is 0. The van der Waals surface area contributed by atoms with Gasteiger partial charge in [0.25, 0.3) is 0 Å². The van der Waals surface area contributed by atoms with Crippen molar-refractivity contribution >= 4 is 0 Å². The Bertz CT molecular complexity index is 262. The van der Waals surface area contributed by atoms with Crippen LogP contribution in [-0.2, 0) is 9.47 Å². The topological polar surface area (TPSA) is 30.5 Å². The van der Waals surface area contributed by atoms with E-state index in [9.17, 15) is 0 Å². The van der Waals surface area contributed by atoms with E-state index in [1.54, 1.807) is 0 Å².